The van der Waals surface area contributed by atoms with Gasteiger partial charge in [0.05, 0.1) is 35.6 Å². The molecule has 0 spiro atoms. The molecule has 0 unspecified atom stereocenters. The van der Waals surface area contributed by atoms with E-state index in [0.29, 0.717) is 28.2 Å². The molecule has 1 aromatic heterocycles. The zero-order valence-corrected chi connectivity index (χ0v) is 18.3. The van der Waals surface area contributed by atoms with E-state index in [1.165, 1.54) is 23.5 Å². The van der Waals surface area contributed by atoms with Crippen LogP contribution in [0.1, 0.15) is 21.5 Å². The number of halogens is 1. The largest absolute Gasteiger partial charge is 0.507 e. The molecule has 0 bridgehead atoms. The Balaban J connectivity index is 0.00000320. The maximum absolute atomic E-state index is 11.6. The Hall–Kier alpha value is -3.48. The number of hydrogen-bond donors (Lipinski definition) is 2. The fourth-order valence-electron chi connectivity index (χ4n) is 2.52. The number of benzene rings is 2. The van der Waals surface area contributed by atoms with E-state index in [1.807, 2.05) is 5.38 Å². The molecular formula is C21H18BrN5O2S. The van der Waals surface area contributed by atoms with Crippen LogP contribution in [-0.2, 0) is 0 Å². The van der Waals surface area contributed by atoms with E-state index in [4.69, 9.17) is 11.0 Å². The van der Waals surface area contributed by atoms with Crippen molar-refractivity contribution in [1.29, 1.82) is 5.26 Å². The van der Waals surface area contributed by atoms with E-state index in [1.54, 1.807) is 47.3 Å². The number of carbonyl (C=O) groups is 1. The van der Waals surface area contributed by atoms with Gasteiger partial charge in [-0.05, 0) is 35.9 Å². The highest BCUT2D eigenvalue weighted by molar-refractivity contribution is 8.93. The highest BCUT2D eigenvalue weighted by Crippen LogP contribution is 2.26. The van der Waals surface area contributed by atoms with Crippen LogP contribution < -0.4 is 10.5 Å². The van der Waals surface area contributed by atoms with Crippen molar-refractivity contribution < 1.29 is 9.90 Å². The van der Waals surface area contributed by atoms with Crippen LogP contribution in [0.2, 0.25) is 0 Å². The molecule has 0 aliphatic heterocycles. The second-order valence-corrected chi connectivity index (χ2v) is 6.76. The van der Waals surface area contributed by atoms with Gasteiger partial charge in [-0.25, -0.2) is 4.68 Å². The Kier molecular flexibility index (Phi) is 7.86. The van der Waals surface area contributed by atoms with Crippen molar-refractivity contribution >= 4 is 40.4 Å². The molecule has 9 heteroatoms. The molecule has 0 saturated carbocycles. The lowest BCUT2D eigenvalue weighted by molar-refractivity contribution is 0.0998. The molecule has 3 N–H and O–H groups in total. The van der Waals surface area contributed by atoms with Gasteiger partial charge < -0.3 is 10.8 Å². The average Bonchev–Trinajstić information content (AvgIpc) is 3.13. The number of phenols is 1. The van der Waals surface area contributed by atoms with Gasteiger partial charge >= 0.3 is 0 Å². The van der Waals surface area contributed by atoms with Crippen molar-refractivity contribution in [3.63, 3.8) is 0 Å². The maximum Gasteiger partial charge on any atom is 0.252 e. The van der Waals surface area contributed by atoms with Crippen molar-refractivity contribution in [2.24, 2.45) is 15.8 Å². The number of carbonyl (C=O) groups excluding carboxylic acids is 1. The monoisotopic (exact) mass is 483 g/mol. The molecule has 7 nitrogen and oxygen atoms in total. The van der Waals surface area contributed by atoms with Gasteiger partial charge in [0.25, 0.3) is 5.91 Å². The first-order valence-corrected chi connectivity index (χ1v) is 9.41. The molecule has 0 radical (unpaired) electrons. The fraction of sp³-hybridized carbons (Fsp3) is 0.0476. The minimum absolute atomic E-state index is 0. The zero-order chi connectivity index (χ0) is 20.8. The van der Waals surface area contributed by atoms with Gasteiger partial charge in [0, 0.05) is 10.9 Å². The van der Waals surface area contributed by atoms with Crippen LogP contribution in [0.4, 0.5) is 0 Å². The van der Waals surface area contributed by atoms with Crippen molar-refractivity contribution in [3.05, 3.63) is 82.0 Å². The first kappa shape index (κ1) is 22.8. The Bertz CT molecular complexity index is 1200. The smallest absolute Gasteiger partial charge is 0.252 e. The van der Waals surface area contributed by atoms with Gasteiger partial charge in [0.2, 0.25) is 4.80 Å². The topological polar surface area (TPSA) is 117 Å². The molecule has 152 valence electrons. The highest BCUT2D eigenvalue weighted by Gasteiger charge is 2.13. The van der Waals surface area contributed by atoms with Gasteiger partial charge in [-0.2, -0.15) is 10.4 Å². The number of primary amides is 1. The summed E-state index contributed by atoms with van der Waals surface area (Å²) in [5, 5.41) is 25.2. The Labute approximate surface area is 187 Å². The summed E-state index contributed by atoms with van der Waals surface area (Å²) >= 11 is 1.38. The number of rotatable bonds is 6. The molecule has 3 aromatic rings. The van der Waals surface area contributed by atoms with E-state index in [2.05, 4.69) is 22.7 Å². The number of nitrogens with two attached hydrogens (primary N) is 1. The molecule has 0 saturated heterocycles. The summed E-state index contributed by atoms with van der Waals surface area (Å²) in [5.41, 5.74) is 8.09. The fourth-order valence-corrected chi connectivity index (χ4v) is 3.37. The van der Waals surface area contributed by atoms with Crippen LogP contribution in [-0.4, -0.2) is 28.4 Å². The average molecular weight is 484 g/mol. The molecule has 30 heavy (non-hydrogen) atoms. The molecule has 1 amide bonds. The predicted octanol–water partition coefficient (Wildman–Crippen LogP) is 3.44. The van der Waals surface area contributed by atoms with Crippen LogP contribution in [0.25, 0.3) is 11.3 Å². The van der Waals surface area contributed by atoms with Gasteiger partial charge in [0.15, 0.2) is 0 Å². The lowest BCUT2D eigenvalue weighted by atomic mass is 10.1. The SMILES string of the molecule is Br.C=CCN=c1scc(-c2ccc(O)c(C(N)=O)c2)n1/N=C/c1ccc(C#N)cc1. The molecule has 3 rings (SSSR count). The van der Waals surface area contributed by atoms with Crippen LogP contribution >= 0.6 is 28.3 Å². The standard InChI is InChI=1S/C21H17N5O2S.BrH/c1-2-9-24-21-26(25-12-15-5-3-14(11-22)4-6-15)18(13-29-21)16-7-8-19(27)17(10-16)20(23)28;/h2-8,10,12-13,27H,1,9H2,(H2,23,28);1H/b24-21?,25-12+;. The normalized spacial score (nSPS) is 11.1. The Morgan fingerprint density at radius 3 is 2.67 bits per heavy atom. The molecule has 0 aliphatic rings. The lowest BCUT2D eigenvalue weighted by Gasteiger charge is -2.06. The number of amides is 1. The van der Waals surface area contributed by atoms with Crippen LogP contribution in [0.3, 0.4) is 0 Å². The Morgan fingerprint density at radius 1 is 1.30 bits per heavy atom. The predicted molar refractivity (Wildman–Crippen MR) is 123 cm³/mol. The number of aromatic hydroxyl groups is 1. The maximum atomic E-state index is 11.6. The molecule has 0 aliphatic carbocycles. The summed E-state index contributed by atoms with van der Waals surface area (Å²) in [6, 6.07) is 13.7. The highest BCUT2D eigenvalue weighted by atomic mass is 79.9. The van der Waals surface area contributed by atoms with Gasteiger partial charge in [-0.3, -0.25) is 9.79 Å². The molecule has 1 heterocycles. The molecule has 2 aromatic carbocycles. The minimum Gasteiger partial charge on any atom is -0.507 e. The molecule has 0 fully saturated rings. The number of aromatic nitrogens is 1. The van der Waals surface area contributed by atoms with Gasteiger partial charge in [-0.1, -0.05) is 18.2 Å². The first-order valence-electron chi connectivity index (χ1n) is 8.53. The summed E-state index contributed by atoms with van der Waals surface area (Å²) in [4.78, 5) is 16.7. The number of hydrogen-bond acceptors (Lipinski definition) is 6. The third-order valence-electron chi connectivity index (χ3n) is 3.96. The van der Waals surface area contributed by atoms with Gasteiger partial charge in [-0.15, -0.1) is 34.9 Å². The van der Waals surface area contributed by atoms with Crippen LogP contribution in [0.15, 0.2) is 70.6 Å². The van der Waals surface area contributed by atoms with Crippen molar-refractivity contribution in [1.82, 2.24) is 4.68 Å². The quantitative estimate of drug-likeness (QED) is 0.412. The second-order valence-electron chi connectivity index (χ2n) is 5.92. The third kappa shape index (κ3) is 5.11. The number of thiazole rings is 1. The Morgan fingerprint density at radius 2 is 2.03 bits per heavy atom. The molecular weight excluding hydrogens is 466 g/mol. The van der Waals surface area contributed by atoms with Crippen molar-refractivity contribution in [2.45, 2.75) is 0 Å². The minimum atomic E-state index is -0.719. The van der Waals surface area contributed by atoms with Gasteiger partial charge in [0.1, 0.15) is 5.75 Å². The number of nitriles is 1. The van der Waals surface area contributed by atoms with E-state index < -0.39 is 5.91 Å². The first-order chi connectivity index (χ1) is 14.0. The van der Waals surface area contributed by atoms with Crippen molar-refractivity contribution in [3.8, 4) is 23.1 Å². The van der Waals surface area contributed by atoms with Crippen molar-refractivity contribution in [2.75, 3.05) is 6.54 Å². The third-order valence-corrected chi connectivity index (χ3v) is 4.81. The summed E-state index contributed by atoms with van der Waals surface area (Å²) < 4.78 is 1.64. The van der Waals surface area contributed by atoms with E-state index in [0.717, 1.165) is 5.56 Å². The summed E-state index contributed by atoms with van der Waals surface area (Å²) in [6.07, 6.45) is 3.33. The van der Waals surface area contributed by atoms with E-state index in [9.17, 15) is 9.90 Å². The molecule has 0 atom stereocenters. The summed E-state index contributed by atoms with van der Waals surface area (Å²) in [6.45, 7) is 4.10. The van der Waals surface area contributed by atoms with Crippen LogP contribution in [0, 0.1) is 11.3 Å². The van der Waals surface area contributed by atoms with Crippen LogP contribution in [0.5, 0.6) is 5.75 Å². The second kappa shape index (κ2) is 10.3. The van der Waals surface area contributed by atoms with E-state index >= 15 is 0 Å². The van der Waals surface area contributed by atoms with E-state index in [-0.39, 0.29) is 28.3 Å². The zero-order valence-electron chi connectivity index (χ0n) is 15.7. The number of nitrogens with zero attached hydrogens (tertiary/aromatic N) is 4. The summed E-state index contributed by atoms with van der Waals surface area (Å²) in [5.74, 6) is -0.899. The summed E-state index contributed by atoms with van der Waals surface area (Å²) in [7, 11) is 0. The lowest BCUT2D eigenvalue weighted by Crippen LogP contribution is -2.13.